The summed E-state index contributed by atoms with van der Waals surface area (Å²) in [5.41, 5.74) is 7.17. The van der Waals surface area contributed by atoms with E-state index in [-0.39, 0.29) is 0 Å². The molecule has 0 unspecified atom stereocenters. The highest BCUT2D eigenvalue weighted by Crippen LogP contribution is 2.10. The van der Waals surface area contributed by atoms with Crippen molar-refractivity contribution in [1.82, 2.24) is 19.7 Å². The summed E-state index contributed by atoms with van der Waals surface area (Å²) in [6.45, 7) is 3.78. The van der Waals surface area contributed by atoms with Gasteiger partial charge in [0.05, 0.1) is 18.1 Å². The molecular weight excluding hydrogens is 178 g/mol. The molecule has 14 heavy (non-hydrogen) atoms. The summed E-state index contributed by atoms with van der Waals surface area (Å²) in [6, 6.07) is 0. The summed E-state index contributed by atoms with van der Waals surface area (Å²) in [7, 11) is 0. The normalized spacial score (nSPS) is 10.4. The van der Waals surface area contributed by atoms with Gasteiger partial charge in [-0.15, -0.1) is 0 Å². The van der Waals surface area contributed by atoms with Crippen LogP contribution in [0.1, 0.15) is 11.4 Å². The standard InChI is InChI=1S/C9H11N5/c1-6-3-11-7(2)13-9(6)14-5-8(10)4-12-14/h3-5H,10H2,1-2H3. The Hall–Kier alpha value is -1.91. The summed E-state index contributed by atoms with van der Waals surface area (Å²) in [5.74, 6) is 1.49. The van der Waals surface area contributed by atoms with Crippen molar-refractivity contribution in [2.75, 3.05) is 5.73 Å². The fourth-order valence-electron chi connectivity index (χ4n) is 1.20. The number of anilines is 1. The molecule has 0 aromatic carbocycles. The van der Waals surface area contributed by atoms with E-state index in [1.54, 1.807) is 23.3 Å². The summed E-state index contributed by atoms with van der Waals surface area (Å²) in [6.07, 6.45) is 5.10. The maximum absolute atomic E-state index is 5.58. The molecule has 2 N–H and O–H groups in total. The molecule has 0 aliphatic rings. The van der Waals surface area contributed by atoms with E-state index in [9.17, 15) is 0 Å². The maximum Gasteiger partial charge on any atom is 0.159 e. The van der Waals surface area contributed by atoms with Crippen molar-refractivity contribution in [2.45, 2.75) is 13.8 Å². The molecule has 0 spiro atoms. The first-order chi connectivity index (χ1) is 6.66. The molecule has 2 aromatic rings. The van der Waals surface area contributed by atoms with Crippen molar-refractivity contribution in [3.8, 4) is 5.82 Å². The van der Waals surface area contributed by atoms with Gasteiger partial charge < -0.3 is 5.73 Å². The second kappa shape index (κ2) is 3.10. The van der Waals surface area contributed by atoms with Gasteiger partial charge in [-0.3, -0.25) is 0 Å². The third-order valence-corrected chi connectivity index (χ3v) is 1.89. The molecule has 5 nitrogen and oxygen atoms in total. The number of rotatable bonds is 1. The zero-order valence-electron chi connectivity index (χ0n) is 8.10. The van der Waals surface area contributed by atoms with Crippen LogP contribution in [0.3, 0.4) is 0 Å². The number of aromatic nitrogens is 4. The van der Waals surface area contributed by atoms with E-state index >= 15 is 0 Å². The minimum absolute atomic E-state index is 0.626. The van der Waals surface area contributed by atoms with E-state index in [1.807, 2.05) is 13.8 Å². The van der Waals surface area contributed by atoms with E-state index in [0.717, 1.165) is 17.2 Å². The van der Waals surface area contributed by atoms with Crippen LogP contribution >= 0.6 is 0 Å². The number of hydrogen-bond donors (Lipinski definition) is 1. The minimum Gasteiger partial charge on any atom is -0.396 e. The molecule has 0 saturated heterocycles. The van der Waals surface area contributed by atoms with Crippen LogP contribution in [0, 0.1) is 13.8 Å². The molecular formula is C9H11N5. The third kappa shape index (κ3) is 1.44. The zero-order chi connectivity index (χ0) is 10.1. The first-order valence-corrected chi connectivity index (χ1v) is 4.27. The zero-order valence-corrected chi connectivity index (χ0v) is 8.10. The molecule has 0 atom stereocenters. The summed E-state index contributed by atoms with van der Waals surface area (Å²) < 4.78 is 1.65. The Balaban J connectivity index is 2.55. The van der Waals surface area contributed by atoms with Crippen molar-refractivity contribution in [2.24, 2.45) is 0 Å². The maximum atomic E-state index is 5.58. The molecule has 5 heteroatoms. The minimum atomic E-state index is 0.626. The number of nitrogens with two attached hydrogens (primary N) is 1. The van der Waals surface area contributed by atoms with E-state index in [4.69, 9.17) is 5.73 Å². The molecule has 0 bridgehead atoms. The van der Waals surface area contributed by atoms with Gasteiger partial charge in [0.2, 0.25) is 0 Å². The highest BCUT2D eigenvalue weighted by molar-refractivity contribution is 5.37. The predicted molar refractivity (Wildman–Crippen MR) is 53.0 cm³/mol. The van der Waals surface area contributed by atoms with Crippen LogP contribution in [0.2, 0.25) is 0 Å². The van der Waals surface area contributed by atoms with Gasteiger partial charge in [0.15, 0.2) is 5.82 Å². The lowest BCUT2D eigenvalue weighted by Crippen LogP contribution is -2.03. The topological polar surface area (TPSA) is 69.6 Å². The monoisotopic (exact) mass is 189 g/mol. The lowest BCUT2D eigenvalue weighted by molar-refractivity contribution is 0.817. The Morgan fingerprint density at radius 3 is 2.71 bits per heavy atom. The van der Waals surface area contributed by atoms with Gasteiger partial charge in [0, 0.05) is 11.8 Å². The smallest absolute Gasteiger partial charge is 0.159 e. The van der Waals surface area contributed by atoms with Crippen molar-refractivity contribution in [3.05, 3.63) is 30.0 Å². The Morgan fingerprint density at radius 2 is 2.07 bits per heavy atom. The number of aryl methyl sites for hydroxylation is 2. The van der Waals surface area contributed by atoms with Crippen LogP contribution in [0.25, 0.3) is 5.82 Å². The first kappa shape index (κ1) is 8.68. The molecule has 0 fully saturated rings. The van der Waals surface area contributed by atoms with Gasteiger partial charge >= 0.3 is 0 Å². The van der Waals surface area contributed by atoms with Gasteiger partial charge in [0.25, 0.3) is 0 Å². The third-order valence-electron chi connectivity index (χ3n) is 1.89. The second-order valence-electron chi connectivity index (χ2n) is 3.14. The van der Waals surface area contributed by atoms with Crippen LogP contribution in [-0.4, -0.2) is 19.7 Å². The molecule has 0 radical (unpaired) electrons. The average molecular weight is 189 g/mol. The van der Waals surface area contributed by atoms with Crippen LogP contribution in [0.5, 0.6) is 0 Å². The van der Waals surface area contributed by atoms with Crippen molar-refractivity contribution in [3.63, 3.8) is 0 Å². The molecule has 72 valence electrons. The number of hydrogen-bond acceptors (Lipinski definition) is 4. The fraction of sp³-hybridized carbons (Fsp3) is 0.222. The Bertz CT molecular complexity index is 460. The Kier molecular flexibility index (Phi) is 1.92. The predicted octanol–water partition coefficient (Wildman–Crippen LogP) is 0.861. The summed E-state index contributed by atoms with van der Waals surface area (Å²) >= 11 is 0. The van der Waals surface area contributed by atoms with Gasteiger partial charge in [-0.1, -0.05) is 0 Å². The van der Waals surface area contributed by atoms with E-state index < -0.39 is 0 Å². The summed E-state index contributed by atoms with van der Waals surface area (Å²) in [5, 5.41) is 4.09. The van der Waals surface area contributed by atoms with Crippen LogP contribution in [0.15, 0.2) is 18.6 Å². The number of nitrogens with zero attached hydrogens (tertiary/aromatic N) is 4. The van der Waals surface area contributed by atoms with Gasteiger partial charge in [-0.05, 0) is 13.8 Å². The fourth-order valence-corrected chi connectivity index (χ4v) is 1.20. The quantitative estimate of drug-likeness (QED) is 0.722. The van der Waals surface area contributed by atoms with Gasteiger partial charge in [-0.2, -0.15) is 5.10 Å². The molecule has 0 amide bonds. The van der Waals surface area contributed by atoms with E-state index in [0.29, 0.717) is 5.69 Å². The molecule has 2 heterocycles. The Labute approximate surface area is 81.6 Å². The lowest BCUT2D eigenvalue weighted by atomic mass is 10.3. The molecule has 0 saturated carbocycles. The molecule has 2 rings (SSSR count). The van der Waals surface area contributed by atoms with Gasteiger partial charge in [0.1, 0.15) is 5.82 Å². The van der Waals surface area contributed by atoms with E-state index in [2.05, 4.69) is 15.1 Å². The lowest BCUT2D eigenvalue weighted by Gasteiger charge is -2.04. The van der Waals surface area contributed by atoms with Gasteiger partial charge in [-0.25, -0.2) is 14.6 Å². The van der Waals surface area contributed by atoms with E-state index in [1.165, 1.54) is 0 Å². The average Bonchev–Trinajstić information content (AvgIpc) is 2.56. The van der Waals surface area contributed by atoms with Crippen molar-refractivity contribution >= 4 is 5.69 Å². The van der Waals surface area contributed by atoms with Crippen LogP contribution < -0.4 is 5.73 Å². The second-order valence-corrected chi connectivity index (χ2v) is 3.14. The van der Waals surface area contributed by atoms with Crippen LogP contribution in [0.4, 0.5) is 5.69 Å². The highest BCUT2D eigenvalue weighted by atomic mass is 15.3. The first-order valence-electron chi connectivity index (χ1n) is 4.27. The molecule has 0 aliphatic heterocycles. The van der Waals surface area contributed by atoms with Crippen molar-refractivity contribution < 1.29 is 0 Å². The molecule has 2 aromatic heterocycles. The van der Waals surface area contributed by atoms with Crippen molar-refractivity contribution in [1.29, 1.82) is 0 Å². The Morgan fingerprint density at radius 1 is 1.29 bits per heavy atom. The SMILES string of the molecule is Cc1ncc(C)c(-n2cc(N)cn2)n1. The van der Waals surface area contributed by atoms with Crippen LogP contribution in [-0.2, 0) is 0 Å². The molecule has 0 aliphatic carbocycles. The highest BCUT2D eigenvalue weighted by Gasteiger charge is 2.04. The number of nitrogen functional groups attached to an aromatic ring is 1. The summed E-state index contributed by atoms with van der Waals surface area (Å²) in [4.78, 5) is 8.38. The largest absolute Gasteiger partial charge is 0.396 e.